The van der Waals surface area contributed by atoms with Gasteiger partial charge >= 0.3 is 0 Å². The molecule has 2 saturated heterocycles. The molecule has 2 heterocycles. The molecular weight excluding hydrogens is 312 g/mol. The molecule has 1 spiro atoms. The first-order valence-electron chi connectivity index (χ1n) is 8.46. The summed E-state index contributed by atoms with van der Waals surface area (Å²) in [6.45, 7) is 4.34. The average Bonchev–Trinajstić information content (AvgIpc) is 2.52. The number of aliphatic hydroxyl groups excluding tert-OH is 1. The van der Waals surface area contributed by atoms with Gasteiger partial charge in [0.1, 0.15) is 0 Å². The highest BCUT2D eigenvalue weighted by Crippen LogP contribution is 2.39. The lowest BCUT2D eigenvalue weighted by atomic mass is 9.73. The first-order valence-corrected chi connectivity index (χ1v) is 8.83. The van der Waals surface area contributed by atoms with Crippen molar-refractivity contribution in [1.29, 1.82) is 0 Å². The number of carbonyl (C=O) groups is 1. The molecule has 126 valence electrons. The number of amides is 1. The van der Waals surface area contributed by atoms with Crippen LogP contribution in [0.4, 0.5) is 0 Å². The molecule has 1 N–H and O–H groups in total. The van der Waals surface area contributed by atoms with Gasteiger partial charge in [0.2, 0.25) is 5.91 Å². The van der Waals surface area contributed by atoms with Gasteiger partial charge in [-0.05, 0) is 43.5 Å². The van der Waals surface area contributed by atoms with E-state index < -0.39 is 0 Å². The van der Waals surface area contributed by atoms with Crippen molar-refractivity contribution >= 4 is 17.5 Å². The molecule has 2 aliphatic heterocycles. The molecule has 3 rings (SSSR count). The Bertz CT molecular complexity index is 566. The summed E-state index contributed by atoms with van der Waals surface area (Å²) in [5, 5.41) is 9.96. The van der Waals surface area contributed by atoms with Crippen LogP contribution in [0.1, 0.15) is 31.2 Å². The predicted octanol–water partition coefficient (Wildman–Crippen LogP) is 2.54. The molecule has 5 heteroatoms. The van der Waals surface area contributed by atoms with Crippen LogP contribution in [0.15, 0.2) is 24.3 Å². The van der Waals surface area contributed by atoms with Crippen LogP contribution in [-0.4, -0.2) is 53.6 Å². The second kappa shape index (κ2) is 7.20. The average molecular weight is 337 g/mol. The van der Waals surface area contributed by atoms with E-state index in [9.17, 15) is 9.90 Å². The molecule has 1 aromatic rings. The van der Waals surface area contributed by atoms with Crippen molar-refractivity contribution < 1.29 is 9.90 Å². The fraction of sp³-hybridized carbons (Fsp3) is 0.611. The zero-order valence-electron chi connectivity index (χ0n) is 13.5. The molecule has 1 atom stereocenters. The fourth-order valence-electron chi connectivity index (χ4n) is 4.10. The van der Waals surface area contributed by atoms with Gasteiger partial charge in [-0.15, -0.1) is 0 Å². The highest BCUT2D eigenvalue weighted by atomic mass is 35.5. The van der Waals surface area contributed by atoms with Crippen LogP contribution in [0.5, 0.6) is 0 Å². The lowest BCUT2D eigenvalue weighted by Gasteiger charge is -2.48. The summed E-state index contributed by atoms with van der Waals surface area (Å²) >= 11 is 6.09. The third kappa shape index (κ3) is 4.06. The van der Waals surface area contributed by atoms with Gasteiger partial charge in [0.15, 0.2) is 0 Å². The van der Waals surface area contributed by atoms with Crippen LogP contribution in [0.25, 0.3) is 0 Å². The zero-order chi connectivity index (χ0) is 16.3. The molecule has 1 aromatic carbocycles. The highest BCUT2D eigenvalue weighted by molar-refractivity contribution is 6.30. The maximum absolute atomic E-state index is 12.0. The van der Waals surface area contributed by atoms with Crippen LogP contribution in [-0.2, 0) is 11.3 Å². The zero-order valence-corrected chi connectivity index (χ0v) is 14.3. The number of carbonyl (C=O) groups excluding carboxylic acids is 1. The van der Waals surface area contributed by atoms with Crippen molar-refractivity contribution in [1.82, 2.24) is 9.80 Å². The van der Waals surface area contributed by atoms with E-state index in [1.54, 1.807) is 0 Å². The van der Waals surface area contributed by atoms with E-state index in [-0.39, 0.29) is 17.9 Å². The smallest absolute Gasteiger partial charge is 0.222 e. The number of β-amino-alcohol motifs (C(OH)–C–C–N with tert-alkyl or cyclic N) is 1. The Morgan fingerprint density at radius 1 is 1.26 bits per heavy atom. The van der Waals surface area contributed by atoms with E-state index in [1.807, 2.05) is 23.1 Å². The molecule has 0 bridgehead atoms. The van der Waals surface area contributed by atoms with Gasteiger partial charge in [0.25, 0.3) is 0 Å². The van der Waals surface area contributed by atoms with Gasteiger partial charge in [-0.2, -0.15) is 0 Å². The largest absolute Gasteiger partial charge is 0.395 e. The number of hydrogen-bond donors (Lipinski definition) is 1. The minimum absolute atomic E-state index is 0.0497. The van der Waals surface area contributed by atoms with E-state index in [0.717, 1.165) is 37.6 Å². The SMILES string of the molecule is O=C1CCC2(CCCN(Cc3cccc(Cl)c3)C2)CN1CCO. The molecule has 2 aliphatic rings. The molecule has 0 aliphatic carbocycles. The summed E-state index contributed by atoms with van der Waals surface area (Å²) in [4.78, 5) is 16.3. The number of piperidine rings is 2. The van der Waals surface area contributed by atoms with E-state index in [4.69, 9.17) is 11.6 Å². The Morgan fingerprint density at radius 2 is 2.13 bits per heavy atom. The standard InChI is InChI=1S/C18H25ClN2O2/c19-16-4-1-3-15(11-16)12-20-8-2-6-18(13-20)7-5-17(23)21(14-18)9-10-22/h1,3-4,11,22H,2,5-10,12-14H2. The van der Waals surface area contributed by atoms with Gasteiger partial charge in [0, 0.05) is 43.0 Å². The minimum Gasteiger partial charge on any atom is -0.395 e. The Balaban J connectivity index is 1.66. The summed E-state index contributed by atoms with van der Waals surface area (Å²) in [5.41, 5.74) is 1.44. The second-order valence-corrected chi connectivity index (χ2v) is 7.42. The molecular formula is C18H25ClN2O2. The third-order valence-corrected chi connectivity index (χ3v) is 5.39. The van der Waals surface area contributed by atoms with Gasteiger partial charge in [-0.3, -0.25) is 9.69 Å². The number of nitrogens with zero attached hydrogens (tertiary/aromatic N) is 2. The van der Waals surface area contributed by atoms with Crippen LogP contribution >= 0.6 is 11.6 Å². The molecule has 4 nitrogen and oxygen atoms in total. The highest BCUT2D eigenvalue weighted by Gasteiger charge is 2.41. The Labute approximate surface area is 143 Å². The number of hydrogen-bond acceptors (Lipinski definition) is 3. The summed E-state index contributed by atoms with van der Waals surface area (Å²) in [6.07, 6.45) is 3.93. The van der Waals surface area contributed by atoms with Crippen LogP contribution in [0.3, 0.4) is 0 Å². The van der Waals surface area contributed by atoms with Gasteiger partial charge < -0.3 is 10.0 Å². The maximum atomic E-state index is 12.0. The van der Waals surface area contributed by atoms with Crippen LogP contribution in [0.2, 0.25) is 5.02 Å². The number of benzene rings is 1. The van der Waals surface area contributed by atoms with Crippen molar-refractivity contribution in [3.63, 3.8) is 0 Å². The second-order valence-electron chi connectivity index (χ2n) is 6.98. The topological polar surface area (TPSA) is 43.8 Å². The van der Waals surface area contributed by atoms with Gasteiger partial charge in [0.05, 0.1) is 6.61 Å². The van der Waals surface area contributed by atoms with Gasteiger partial charge in [-0.25, -0.2) is 0 Å². The Hall–Kier alpha value is -1.10. The monoisotopic (exact) mass is 336 g/mol. The number of rotatable bonds is 4. The Kier molecular flexibility index (Phi) is 5.24. The van der Waals surface area contributed by atoms with Crippen LogP contribution < -0.4 is 0 Å². The van der Waals surface area contributed by atoms with Crippen molar-refractivity contribution in [3.8, 4) is 0 Å². The van der Waals surface area contributed by atoms with E-state index in [0.29, 0.717) is 13.0 Å². The number of likely N-dealkylation sites (tertiary alicyclic amines) is 2. The third-order valence-electron chi connectivity index (χ3n) is 5.15. The summed E-state index contributed by atoms with van der Waals surface area (Å²) in [5.74, 6) is 0.191. The number of halogens is 1. The van der Waals surface area contributed by atoms with E-state index in [1.165, 1.54) is 18.4 Å². The van der Waals surface area contributed by atoms with Gasteiger partial charge in [-0.1, -0.05) is 23.7 Å². The van der Waals surface area contributed by atoms with Crippen molar-refractivity contribution in [3.05, 3.63) is 34.9 Å². The predicted molar refractivity (Wildman–Crippen MR) is 91.3 cm³/mol. The van der Waals surface area contributed by atoms with E-state index in [2.05, 4.69) is 11.0 Å². The lowest BCUT2D eigenvalue weighted by molar-refractivity contribution is -0.140. The summed E-state index contributed by atoms with van der Waals surface area (Å²) < 4.78 is 0. The summed E-state index contributed by atoms with van der Waals surface area (Å²) in [6, 6.07) is 8.06. The molecule has 1 unspecified atom stereocenters. The quantitative estimate of drug-likeness (QED) is 0.919. The molecule has 2 fully saturated rings. The normalized spacial score (nSPS) is 26.0. The Morgan fingerprint density at radius 3 is 2.91 bits per heavy atom. The first-order chi connectivity index (χ1) is 11.1. The summed E-state index contributed by atoms with van der Waals surface area (Å²) in [7, 11) is 0. The minimum atomic E-state index is 0.0497. The maximum Gasteiger partial charge on any atom is 0.222 e. The van der Waals surface area contributed by atoms with E-state index >= 15 is 0 Å². The molecule has 0 radical (unpaired) electrons. The lowest BCUT2D eigenvalue weighted by Crippen LogP contribution is -2.54. The van der Waals surface area contributed by atoms with Crippen molar-refractivity contribution in [2.24, 2.45) is 5.41 Å². The number of aliphatic hydroxyl groups is 1. The molecule has 0 aromatic heterocycles. The van der Waals surface area contributed by atoms with Crippen molar-refractivity contribution in [2.45, 2.75) is 32.2 Å². The molecule has 23 heavy (non-hydrogen) atoms. The molecule has 0 saturated carbocycles. The molecule has 1 amide bonds. The fourth-order valence-corrected chi connectivity index (χ4v) is 4.31. The first kappa shape index (κ1) is 16.7. The van der Waals surface area contributed by atoms with Crippen LogP contribution in [0, 0.1) is 5.41 Å². The van der Waals surface area contributed by atoms with Crippen molar-refractivity contribution in [2.75, 3.05) is 32.8 Å².